The minimum Gasteiger partial charge on any atom is -0.324 e. The van der Waals surface area contributed by atoms with Gasteiger partial charge in [0.25, 0.3) is 0 Å². The monoisotopic (exact) mass is 313 g/mol. The van der Waals surface area contributed by atoms with Crippen LogP contribution in [0, 0.1) is 13.8 Å². The molecule has 3 rings (SSSR count). The van der Waals surface area contributed by atoms with Crippen LogP contribution in [-0.4, -0.2) is 33.1 Å². The van der Waals surface area contributed by atoms with E-state index in [9.17, 15) is 9.59 Å². The molecule has 0 bridgehead atoms. The van der Waals surface area contributed by atoms with E-state index < -0.39 is 0 Å². The molecule has 120 valence electrons. The average Bonchev–Trinajstić information content (AvgIpc) is 3.02. The number of hydrogen-bond donors (Lipinski definition) is 1. The van der Waals surface area contributed by atoms with Gasteiger partial charge in [0.1, 0.15) is 18.2 Å². The van der Waals surface area contributed by atoms with E-state index in [-0.39, 0.29) is 18.4 Å². The van der Waals surface area contributed by atoms with Gasteiger partial charge < -0.3 is 10.2 Å². The maximum Gasteiger partial charge on any atom is 0.246 e. The van der Waals surface area contributed by atoms with Gasteiger partial charge >= 0.3 is 0 Å². The van der Waals surface area contributed by atoms with Gasteiger partial charge in [0.15, 0.2) is 0 Å². The van der Waals surface area contributed by atoms with Crippen LogP contribution >= 0.6 is 0 Å². The summed E-state index contributed by atoms with van der Waals surface area (Å²) in [5.74, 6) is 1.25. The predicted octanol–water partition coefficient (Wildman–Crippen LogP) is 1.44. The number of anilines is 2. The Morgan fingerprint density at radius 2 is 2.09 bits per heavy atom. The van der Waals surface area contributed by atoms with Crippen molar-refractivity contribution in [2.45, 2.75) is 33.7 Å². The molecule has 2 aromatic rings. The number of carbonyl (C=O) groups is 2. The van der Waals surface area contributed by atoms with Crippen molar-refractivity contribution in [3.8, 4) is 0 Å². The smallest absolute Gasteiger partial charge is 0.246 e. The summed E-state index contributed by atoms with van der Waals surface area (Å²) in [7, 11) is 0. The number of fused-ring (bicyclic) bond motifs is 1. The number of aromatic nitrogens is 3. The molecule has 0 saturated heterocycles. The first-order valence-corrected chi connectivity index (χ1v) is 7.53. The summed E-state index contributed by atoms with van der Waals surface area (Å²) in [4.78, 5) is 29.6. The van der Waals surface area contributed by atoms with E-state index in [4.69, 9.17) is 0 Å². The second-order valence-electron chi connectivity index (χ2n) is 5.68. The maximum atomic E-state index is 12.2. The fraction of sp³-hybridized carbons (Fsp3) is 0.375. The number of carbonyl (C=O) groups excluding carboxylic acids is 2. The SMILES string of the molecule is CC(=O)N1CCc2cc(NC(=O)Cn3nc(C)nc3C)ccc21. The lowest BCUT2D eigenvalue weighted by atomic mass is 10.1. The summed E-state index contributed by atoms with van der Waals surface area (Å²) in [5, 5.41) is 7.05. The summed E-state index contributed by atoms with van der Waals surface area (Å²) >= 11 is 0. The first-order valence-electron chi connectivity index (χ1n) is 7.53. The molecule has 0 saturated carbocycles. The number of rotatable bonds is 3. The van der Waals surface area contributed by atoms with Crippen LogP contribution in [0.25, 0.3) is 0 Å². The normalized spacial score (nSPS) is 13.1. The Hall–Kier alpha value is -2.70. The van der Waals surface area contributed by atoms with Crippen molar-refractivity contribution >= 4 is 23.2 Å². The fourth-order valence-electron chi connectivity index (χ4n) is 2.85. The molecule has 23 heavy (non-hydrogen) atoms. The highest BCUT2D eigenvalue weighted by atomic mass is 16.2. The minimum atomic E-state index is -0.153. The molecule has 1 N–H and O–H groups in total. The summed E-state index contributed by atoms with van der Waals surface area (Å²) < 4.78 is 1.58. The molecule has 0 unspecified atom stereocenters. The topological polar surface area (TPSA) is 80.1 Å². The van der Waals surface area contributed by atoms with Crippen LogP contribution in [0.15, 0.2) is 18.2 Å². The summed E-state index contributed by atoms with van der Waals surface area (Å²) in [5.41, 5.74) is 2.73. The van der Waals surface area contributed by atoms with E-state index in [1.165, 1.54) is 0 Å². The van der Waals surface area contributed by atoms with E-state index in [1.807, 2.05) is 25.1 Å². The van der Waals surface area contributed by atoms with Crippen molar-refractivity contribution in [3.63, 3.8) is 0 Å². The van der Waals surface area contributed by atoms with Crippen molar-refractivity contribution in [1.82, 2.24) is 14.8 Å². The molecule has 1 aromatic carbocycles. The Bertz CT molecular complexity index is 781. The van der Waals surface area contributed by atoms with Gasteiger partial charge in [-0.15, -0.1) is 0 Å². The summed E-state index contributed by atoms with van der Waals surface area (Å²) in [6.45, 7) is 6.00. The van der Waals surface area contributed by atoms with Crippen molar-refractivity contribution < 1.29 is 9.59 Å². The molecule has 1 aliphatic rings. The molecule has 0 aliphatic carbocycles. The Morgan fingerprint density at radius 3 is 2.74 bits per heavy atom. The Morgan fingerprint density at radius 1 is 1.30 bits per heavy atom. The van der Waals surface area contributed by atoms with Crippen LogP contribution in [0.3, 0.4) is 0 Å². The van der Waals surface area contributed by atoms with E-state index in [0.717, 1.165) is 23.4 Å². The second-order valence-corrected chi connectivity index (χ2v) is 5.68. The molecule has 0 radical (unpaired) electrons. The van der Waals surface area contributed by atoms with Crippen LogP contribution in [0.2, 0.25) is 0 Å². The van der Waals surface area contributed by atoms with Crippen molar-refractivity contribution in [1.29, 1.82) is 0 Å². The third-order valence-electron chi connectivity index (χ3n) is 3.89. The maximum absolute atomic E-state index is 12.2. The van der Waals surface area contributed by atoms with Crippen LogP contribution in [0.5, 0.6) is 0 Å². The van der Waals surface area contributed by atoms with Gasteiger partial charge in [0.2, 0.25) is 11.8 Å². The largest absolute Gasteiger partial charge is 0.324 e. The quantitative estimate of drug-likeness (QED) is 0.930. The van der Waals surface area contributed by atoms with Crippen LogP contribution in [0.4, 0.5) is 11.4 Å². The zero-order valence-electron chi connectivity index (χ0n) is 13.5. The third-order valence-corrected chi connectivity index (χ3v) is 3.89. The highest BCUT2D eigenvalue weighted by Crippen LogP contribution is 2.30. The third kappa shape index (κ3) is 3.08. The lowest BCUT2D eigenvalue weighted by molar-refractivity contribution is -0.117. The number of hydrogen-bond acceptors (Lipinski definition) is 4. The van der Waals surface area contributed by atoms with Gasteiger partial charge in [0.05, 0.1) is 0 Å². The first kappa shape index (κ1) is 15.2. The van der Waals surface area contributed by atoms with E-state index in [0.29, 0.717) is 18.2 Å². The predicted molar refractivity (Wildman–Crippen MR) is 86.3 cm³/mol. The minimum absolute atomic E-state index is 0.0394. The molecule has 2 amide bonds. The standard InChI is InChI=1S/C16H19N5O2/c1-10-17-11(2)21(19-10)9-16(23)18-14-4-5-15-13(8-14)6-7-20(15)12(3)22/h4-5,8H,6-7,9H2,1-3H3,(H,18,23). The first-order chi connectivity index (χ1) is 10.9. The molecule has 0 spiro atoms. The Labute approximate surface area is 134 Å². The average molecular weight is 313 g/mol. The van der Waals surface area contributed by atoms with Gasteiger partial charge in [-0.1, -0.05) is 0 Å². The molecule has 7 nitrogen and oxygen atoms in total. The zero-order chi connectivity index (χ0) is 16.6. The molecule has 7 heteroatoms. The number of aryl methyl sites for hydroxylation is 2. The number of amides is 2. The van der Waals surface area contributed by atoms with Gasteiger partial charge in [-0.2, -0.15) is 5.10 Å². The van der Waals surface area contributed by atoms with E-state index in [1.54, 1.807) is 23.4 Å². The van der Waals surface area contributed by atoms with Crippen molar-refractivity contribution in [3.05, 3.63) is 35.4 Å². The molecule has 0 fully saturated rings. The van der Waals surface area contributed by atoms with Gasteiger partial charge in [-0.25, -0.2) is 9.67 Å². The highest BCUT2D eigenvalue weighted by molar-refractivity contribution is 5.95. The van der Waals surface area contributed by atoms with Crippen LogP contribution < -0.4 is 10.2 Å². The van der Waals surface area contributed by atoms with Gasteiger partial charge in [-0.3, -0.25) is 9.59 Å². The summed E-state index contributed by atoms with van der Waals surface area (Å²) in [6.07, 6.45) is 0.806. The van der Waals surface area contributed by atoms with E-state index in [2.05, 4.69) is 15.4 Å². The molecular formula is C16H19N5O2. The number of nitrogens with one attached hydrogen (secondary N) is 1. The highest BCUT2D eigenvalue weighted by Gasteiger charge is 2.22. The molecule has 0 atom stereocenters. The van der Waals surface area contributed by atoms with Crippen LogP contribution in [0.1, 0.15) is 24.1 Å². The van der Waals surface area contributed by atoms with Gasteiger partial charge in [-0.05, 0) is 44.0 Å². The Balaban J connectivity index is 1.70. The van der Waals surface area contributed by atoms with Gasteiger partial charge in [0, 0.05) is 24.8 Å². The Kier molecular flexibility index (Phi) is 3.85. The molecule has 1 aliphatic heterocycles. The van der Waals surface area contributed by atoms with Crippen molar-refractivity contribution in [2.24, 2.45) is 0 Å². The summed E-state index contributed by atoms with van der Waals surface area (Å²) in [6, 6.07) is 5.62. The number of nitrogens with zero attached hydrogens (tertiary/aromatic N) is 4. The lowest BCUT2D eigenvalue weighted by Gasteiger charge is -2.15. The lowest BCUT2D eigenvalue weighted by Crippen LogP contribution is -2.25. The molecular weight excluding hydrogens is 294 g/mol. The van der Waals surface area contributed by atoms with Crippen molar-refractivity contribution in [2.75, 3.05) is 16.8 Å². The molecule has 2 heterocycles. The zero-order valence-corrected chi connectivity index (χ0v) is 13.5. The van der Waals surface area contributed by atoms with Crippen LogP contribution in [-0.2, 0) is 22.6 Å². The fourth-order valence-corrected chi connectivity index (χ4v) is 2.85. The second kappa shape index (κ2) is 5.83. The number of benzene rings is 1. The van der Waals surface area contributed by atoms with E-state index >= 15 is 0 Å². The molecule has 1 aromatic heterocycles.